The number of hydroxylamine groups is 2. The fraction of sp³-hybridized carbons (Fsp3) is 0.375. The lowest BCUT2D eigenvalue weighted by atomic mass is 9.76. The summed E-state index contributed by atoms with van der Waals surface area (Å²) < 4.78 is 5.67. The number of carbonyl (C=O) groups is 3. The smallest absolute Gasteiger partial charge is 0.379 e. The van der Waals surface area contributed by atoms with Gasteiger partial charge in [0.05, 0.1) is 24.0 Å². The van der Waals surface area contributed by atoms with Gasteiger partial charge in [0.1, 0.15) is 0 Å². The molecule has 0 spiro atoms. The Morgan fingerprint density at radius 3 is 2.09 bits per heavy atom. The molecule has 2 aromatic rings. The second kappa shape index (κ2) is 8.37. The fourth-order valence-electron chi connectivity index (χ4n) is 4.21. The van der Waals surface area contributed by atoms with E-state index in [-0.39, 0.29) is 19.4 Å². The van der Waals surface area contributed by atoms with Crippen LogP contribution in [0.2, 0.25) is 0 Å². The maximum atomic E-state index is 13.5. The number of ether oxygens (including phenoxy) is 1. The first-order valence-corrected chi connectivity index (χ1v) is 10.5. The number of carbonyl (C=O) groups excluding carboxylic acids is 3. The Bertz CT molecular complexity index is 963. The van der Waals surface area contributed by atoms with Crippen molar-refractivity contribution in [1.82, 2.24) is 5.23 Å². The fourth-order valence-corrected chi connectivity index (χ4v) is 4.21. The minimum atomic E-state index is -1.68. The van der Waals surface area contributed by atoms with Gasteiger partial charge in [-0.15, -0.1) is 0 Å². The minimum Gasteiger partial charge on any atom is -0.446 e. The number of hydrogen-bond acceptors (Lipinski definition) is 7. The standard InChI is InChI=1S/C24H25NO7/c1-23(2,29)18-15-30-25(21(18)27)32-22(28)24(14-13-19(26)31-24)20(16-9-5-3-6-10-16)17-11-7-4-8-12-17/h3-12,18,20,29H,13-15H2,1-2H3. The molecule has 1 N–H and O–H groups in total. The third-order valence-electron chi connectivity index (χ3n) is 5.93. The number of nitrogens with zero attached hydrogens (tertiary/aromatic N) is 1. The van der Waals surface area contributed by atoms with Crippen LogP contribution in [0.15, 0.2) is 60.7 Å². The number of esters is 1. The van der Waals surface area contributed by atoms with Gasteiger partial charge >= 0.3 is 11.9 Å². The molecule has 2 aliphatic heterocycles. The zero-order chi connectivity index (χ0) is 22.9. The van der Waals surface area contributed by atoms with Crippen molar-refractivity contribution in [3.8, 4) is 0 Å². The molecule has 2 unspecified atom stereocenters. The first-order chi connectivity index (χ1) is 15.2. The molecule has 0 radical (unpaired) electrons. The van der Waals surface area contributed by atoms with Crippen LogP contribution in [0.25, 0.3) is 0 Å². The number of aliphatic hydroxyl groups is 1. The summed E-state index contributed by atoms with van der Waals surface area (Å²) in [4.78, 5) is 49.0. The maximum absolute atomic E-state index is 13.5. The van der Waals surface area contributed by atoms with E-state index in [4.69, 9.17) is 14.4 Å². The van der Waals surface area contributed by atoms with E-state index in [1.807, 2.05) is 60.7 Å². The summed E-state index contributed by atoms with van der Waals surface area (Å²) in [6.07, 6.45) is 0.114. The van der Waals surface area contributed by atoms with Gasteiger partial charge < -0.3 is 14.7 Å². The second-order valence-corrected chi connectivity index (χ2v) is 8.59. The Labute approximate surface area is 185 Å². The summed E-state index contributed by atoms with van der Waals surface area (Å²) in [6, 6.07) is 18.4. The summed E-state index contributed by atoms with van der Waals surface area (Å²) in [5.41, 5.74) is -1.52. The average molecular weight is 439 g/mol. The molecule has 2 atom stereocenters. The monoisotopic (exact) mass is 439 g/mol. The van der Waals surface area contributed by atoms with Crippen molar-refractivity contribution in [2.45, 2.75) is 43.8 Å². The van der Waals surface area contributed by atoms with Crippen molar-refractivity contribution < 1.29 is 33.9 Å². The average Bonchev–Trinajstić information content (AvgIpc) is 3.33. The molecule has 0 aromatic heterocycles. The lowest BCUT2D eigenvalue weighted by Crippen LogP contribution is -2.49. The first kappa shape index (κ1) is 22.0. The zero-order valence-corrected chi connectivity index (χ0v) is 17.9. The molecule has 0 saturated carbocycles. The van der Waals surface area contributed by atoms with Crippen LogP contribution in [-0.2, 0) is 28.8 Å². The van der Waals surface area contributed by atoms with Crippen molar-refractivity contribution >= 4 is 17.8 Å². The van der Waals surface area contributed by atoms with E-state index in [1.165, 1.54) is 13.8 Å². The van der Waals surface area contributed by atoms with Gasteiger partial charge in [-0.2, -0.15) is 0 Å². The summed E-state index contributed by atoms with van der Waals surface area (Å²) in [6.45, 7) is 2.82. The molecule has 8 nitrogen and oxygen atoms in total. The Kier molecular flexibility index (Phi) is 5.75. The van der Waals surface area contributed by atoms with Crippen LogP contribution in [-0.4, -0.2) is 46.0 Å². The molecular formula is C24H25NO7. The van der Waals surface area contributed by atoms with Crippen LogP contribution in [0.1, 0.15) is 43.7 Å². The van der Waals surface area contributed by atoms with Crippen LogP contribution < -0.4 is 0 Å². The van der Waals surface area contributed by atoms with E-state index in [0.717, 1.165) is 11.1 Å². The van der Waals surface area contributed by atoms with Gasteiger partial charge in [0, 0.05) is 12.8 Å². The molecule has 0 aliphatic carbocycles. The van der Waals surface area contributed by atoms with E-state index in [1.54, 1.807) is 0 Å². The van der Waals surface area contributed by atoms with Crippen molar-refractivity contribution in [3.05, 3.63) is 71.8 Å². The van der Waals surface area contributed by atoms with Gasteiger partial charge in [-0.3, -0.25) is 9.59 Å². The second-order valence-electron chi connectivity index (χ2n) is 8.59. The molecule has 1 amide bonds. The van der Waals surface area contributed by atoms with Gasteiger partial charge in [0.25, 0.3) is 5.91 Å². The van der Waals surface area contributed by atoms with E-state index < -0.39 is 40.9 Å². The third-order valence-corrected chi connectivity index (χ3v) is 5.93. The molecule has 2 aliphatic rings. The highest BCUT2D eigenvalue weighted by Crippen LogP contribution is 2.45. The lowest BCUT2D eigenvalue weighted by molar-refractivity contribution is -0.310. The minimum absolute atomic E-state index is 0.0341. The van der Waals surface area contributed by atoms with Gasteiger partial charge in [0.15, 0.2) is 0 Å². The van der Waals surface area contributed by atoms with Crippen molar-refractivity contribution in [2.24, 2.45) is 5.92 Å². The zero-order valence-electron chi connectivity index (χ0n) is 17.9. The van der Waals surface area contributed by atoms with E-state index in [2.05, 4.69) is 0 Å². The molecule has 32 heavy (non-hydrogen) atoms. The number of benzene rings is 2. The van der Waals surface area contributed by atoms with Crippen LogP contribution in [0.5, 0.6) is 0 Å². The van der Waals surface area contributed by atoms with E-state index in [9.17, 15) is 19.5 Å². The van der Waals surface area contributed by atoms with Crippen LogP contribution in [0.3, 0.4) is 0 Å². The van der Waals surface area contributed by atoms with Crippen LogP contribution in [0.4, 0.5) is 0 Å². The predicted octanol–water partition coefficient (Wildman–Crippen LogP) is 2.51. The largest absolute Gasteiger partial charge is 0.446 e. The Morgan fingerprint density at radius 2 is 1.66 bits per heavy atom. The first-order valence-electron chi connectivity index (χ1n) is 10.5. The highest BCUT2D eigenvalue weighted by Gasteiger charge is 2.57. The molecule has 2 heterocycles. The summed E-state index contributed by atoms with van der Waals surface area (Å²) >= 11 is 0. The predicted molar refractivity (Wildman–Crippen MR) is 111 cm³/mol. The topological polar surface area (TPSA) is 102 Å². The summed E-state index contributed by atoms with van der Waals surface area (Å²) in [5.74, 6) is -3.67. The van der Waals surface area contributed by atoms with Gasteiger partial charge in [-0.25, -0.2) is 9.63 Å². The van der Waals surface area contributed by atoms with Crippen molar-refractivity contribution in [1.29, 1.82) is 0 Å². The molecule has 2 aromatic carbocycles. The van der Waals surface area contributed by atoms with Crippen LogP contribution >= 0.6 is 0 Å². The number of hydrogen-bond donors (Lipinski definition) is 1. The number of cyclic esters (lactones) is 1. The molecular weight excluding hydrogens is 414 g/mol. The van der Waals surface area contributed by atoms with Gasteiger partial charge in [-0.1, -0.05) is 60.7 Å². The van der Waals surface area contributed by atoms with Crippen molar-refractivity contribution in [2.75, 3.05) is 6.61 Å². The number of amides is 1. The van der Waals surface area contributed by atoms with E-state index in [0.29, 0.717) is 5.23 Å². The highest BCUT2D eigenvalue weighted by atomic mass is 17.0. The maximum Gasteiger partial charge on any atom is 0.379 e. The third kappa shape index (κ3) is 3.99. The SMILES string of the molecule is CC(C)(O)C1CON(OC(=O)C2(C(c3ccccc3)c3ccccc3)CCC(=O)O2)C1=O. The van der Waals surface area contributed by atoms with Gasteiger partial charge in [-0.05, 0) is 30.2 Å². The Hall–Kier alpha value is -3.23. The molecule has 4 rings (SSSR count). The molecule has 2 fully saturated rings. The Balaban J connectivity index is 1.71. The molecule has 2 saturated heterocycles. The van der Waals surface area contributed by atoms with E-state index >= 15 is 0 Å². The molecule has 8 heteroatoms. The molecule has 168 valence electrons. The summed E-state index contributed by atoms with van der Waals surface area (Å²) in [5, 5.41) is 10.7. The summed E-state index contributed by atoms with van der Waals surface area (Å²) in [7, 11) is 0. The van der Waals surface area contributed by atoms with Crippen LogP contribution in [0, 0.1) is 5.92 Å². The molecule has 0 bridgehead atoms. The Morgan fingerprint density at radius 1 is 1.09 bits per heavy atom. The highest BCUT2D eigenvalue weighted by molar-refractivity contribution is 5.90. The van der Waals surface area contributed by atoms with Crippen molar-refractivity contribution in [3.63, 3.8) is 0 Å². The lowest BCUT2D eigenvalue weighted by Gasteiger charge is -2.34. The number of rotatable bonds is 6. The normalized spacial score (nSPS) is 23.5. The quantitative estimate of drug-likeness (QED) is 0.690. The van der Waals surface area contributed by atoms with Gasteiger partial charge in [0.2, 0.25) is 5.60 Å².